The van der Waals surface area contributed by atoms with Gasteiger partial charge in [-0.15, -0.1) is 0 Å². The molecule has 3 nitrogen and oxygen atoms in total. The fourth-order valence-electron chi connectivity index (χ4n) is 3.07. The minimum Gasteiger partial charge on any atom is -0.507 e. The van der Waals surface area contributed by atoms with E-state index in [0.29, 0.717) is 11.0 Å². The normalized spacial score (nSPS) is 20.1. The van der Waals surface area contributed by atoms with Gasteiger partial charge in [0, 0.05) is 12.6 Å². The van der Waals surface area contributed by atoms with Crippen LogP contribution in [-0.4, -0.2) is 16.8 Å². The molecular formula is C16H25NO2. The summed E-state index contributed by atoms with van der Waals surface area (Å²) < 4.78 is 0. The molecule has 0 bridgehead atoms. The highest BCUT2D eigenvalue weighted by Crippen LogP contribution is 2.37. The summed E-state index contributed by atoms with van der Waals surface area (Å²) in [5, 5.41) is 23.2. The van der Waals surface area contributed by atoms with Crippen molar-refractivity contribution >= 4 is 0 Å². The number of rotatable bonds is 4. The Kier molecular flexibility index (Phi) is 4.35. The highest BCUT2D eigenvalue weighted by atomic mass is 16.3. The van der Waals surface area contributed by atoms with E-state index < -0.39 is 0 Å². The zero-order valence-electron chi connectivity index (χ0n) is 11.9. The van der Waals surface area contributed by atoms with Crippen LogP contribution in [0, 0.1) is 5.41 Å². The van der Waals surface area contributed by atoms with Gasteiger partial charge in [-0.2, -0.15) is 0 Å². The summed E-state index contributed by atoms with van der Waals surface area (Å²) in [4.78, 5) is 0. The monoisotopic (exact) mass is 263 g/mol. The Labute approximate surface area is 115 Å². The van der Waals surface area contributed by atoms with Crippen molar-refractivity contribution in [2.45, 2.75) is 52.0 Å². The number of phenolic OH excluding ortho intramolecular Hbond substituents is 2. The van der Waals surface area contributed by atoms with Crippen molar-refractivity contribution in [3.05, 3.63) is 23.8 Å². The molecule has 0 spiro atoms. The first-order valence-electron chi connectivity index (χ1n) is 7.26. The summed E-state index contributed by atoms with van der Waals surface area (Å²) in [5.74, 6) is 0.322. The van der Waals surface area contributed by atoms with Gasteiger partial charge in [-0.1, -0.05) is 32.3 Å². The van der Waals surface area contributed by atoms with Gasteiger partial charge >= 0.3 is 0 Å². The summed E-state index contributed by atoms with van der Waals surface area (Å²) in [6.07, 6.45) is 6.51. The van der Waals surface area contributed by atoms with Gasteiger partial charge in [0.1, 0.15) is 11.5 Å². The van der Waals surface area contributed by atoms with Crippen LogP contribution in [0.4, 0.5) is 0 Å². The maximum atomic E-state index is 9.86. The molecule has 1 aromatic carbocycles. The van der Waals surface area contributed by atoms with Crippen LogP contribution in [0.25, 0.3) is 0 Å². The topological polar surface area (TPSA) is 52.5 Å². The molecule has 19 heavy (non-hydrogen) atoms. The molecule has 0 amide bonds. The van der Waals surface area contributed by atoms with Gasteiger partial charge in [-0.3, -0.25) is 0 Å². The van der Waals surface area contributed by atoms with Crippen LogP contribution in [0.1, 0.15) is 57.6 Å². The first-order chi connectivity index (χ1) is 9.02. The molecule has 0 heterocycles. The van der Waals surface area contributed by atoms with Gasteiger partial charge < -0.3 is 15.5 Å². The molecule has 0 aliphatic heterocycles. The highest BCUT2D eigenvalue weighted by molar-refractivity contribution is 5.44. The van der Waals surface area contributed by atoms with Gasteiger partial charge in [0.25, 0.3) is 0 Å². The Balaban J connectivity index is 1.99. The molecule has 3 N–H and O–H groups in total. The van der Waals surface area contributed by atoms with Gasteiger partial charge in [0.2, 0.25) is 0 Å². The first-order valence-corrected chi connectivity index (χ1v) is 7.26. The van der Waals surface area contributed by atoms with E-state index >= 15 is 0 Å². The lowest BCUT2D eigenvalue weighted by Gasteiger charge is -2.35. The average molecular weight is 263 g/mol. The van der Waals surface area contributed by atoms with E-state index in [9.17, 15) is 10.2 Å². The molecule has 0 aromatic heterocycles. The summed E-state index contributed by atoms with van der Waals surface area (Å²) in [7, 11) is 0. The number of aromatic hydroxyl groups is 2. The molecule has 1 aliphatic rings. The number of hydrogen-bond acceptors (Lipinski definition) is 3. The number of phenols is 2. The van der Waals surface area contributed by atoms with E-state index in [1.54, 1.807) is 18.2 Å². The van der Waals surface area contributed by atoms with E-state index in [1.807, 2.05) is 6.92 Å². The molecule has 0 radical (unpaired) electrons. The van der Waals surface area contributed by atoms with Crippen molar-refractivity contribution in [1.82, 2.24) is 5.32 Å². The lowest BCUT2D eigenvalue weighted by Crippen LogP contribution is -2.35. The largest absolute Gasteiger partial charge is 0.507 e. The minimum absolute atomic E-state index is 0.0417. The Bertz CT molecular complexity index is 405. The van der Waals surface area contributed by atoms with Crippen molar-refractivity contribution in [2.75, 3.05) is 6.54 Å². The van der Waals surface area contributed by atoms with E-state index in [1.165, 1.54) is 32.1 Å². The molecule has 1 fully saturated rings. The maximum absolute atomic E-state index is 9.86. The second-order valence-corrected chi connectivity index (χ2v) is 6.18. The zero-order valence-corrected chi connectivity index (χ0v) is 11.9. The Morgan fingerprint density at radius 3 is 2.32 bits per heavy atom. The molecule has 2 rings (SSSR count). The third-order valence-electron chi connectivity index (χ3n) is 4.39. The van der Waals surface area contributed by atoms with Crippen LogP contribution in [0.15, 0.2) is 18.2 Å². The summed E-state index contributed by atoms with van der Waals surface area (Å²) >= 11 is 0. The zero-order chi connectivity index (χ0) is 13.9. The summed E-state index contributed by atoms with van der Waals surface area (Å²) in [6.45, 7) is 5.25. The Morgan fingerprint density at radius 1 is 1.16 bits per heavy atom. The van der Waals surface area contributed by atoms with E-state index in [-0.39, 0.29) is 17.5 Å². The molecule has 1 saturated carbocycles. The van der Waals surface area contributed by atoms with E-state index in [4.69, 9.17) is 0 Å². The fourth-order valence-corrected chi connectivity index (χ4v) is 3.07. The van der Waals surface area contributed by atoms with Crippen molar-refractivity contribution in [3.8, 4) is 11.5 Å². The SMILES string of the molecule is CC(NCC1(C)CCCCC1)c1c(O)cccc1O. The van der Waals surface area contributed by atoms with Crippen molar-refractivity contribution in [2.24, 2.45) is 5.41 Å². The van der Waals surface area contributed by atoms with Gasteiger partial charge in [0.15, 0.2) is 0 Å². The van der Waals surface area contributed by atoms with Crippen molar-refractivity contribution in [3.63, 3.8) is 0 Å². The fraction of sp³-hybridized carbons (Fsp3) is 0.625. The number of nitrogens with one attached hydrogen (secondary N) is 1. The Hall–Kier alpha value is -1.22. The van der Waals surface area contributed by atoms with Crippen molar-refractivity contribution in [1.29, 1.82) is 0 Å². The van der Waals surface area contributed by atoms with Crippen LogP contribution in [0.2, 0.25) is 0 Å². The molecule has 3 heteroatoms. The van der Waals surface area contributed by atoms with Crippen LogP contribution in [0.5, 0.6) is 11.5 Å². The van der Waals surface area contributed by atoms with Gasteiger partial charge in [-0.25, -0.2) is 0 Å². The molecule has 0 saturated heterocycles. The Morgan fingerprint density at radius 2 is 1.74 bits per heavy atom. The standard InChI is InChI=1S/C16H25NO2/c1-12(15-13(18)7-6-8-14(15)19)17-11-16(2)9-4-3-5-10-16/h6-8,12,17-19H,3-5,9-11H2,1-2H3. The molecular weight excluding hydrogens is 238 g/mol. The minimum atomic E-state index is -0.0417. The third kappa shape index (κ3) is 3.41. The number of benzene rings is 1. The first kappa shape index (κ1) is 14.2. The second-order valence-electron chi connectivity index (χ2n) is 6.18. The summed E-state index contributed by atoms with van der Waals surface area (Å²) in [5.41, 5.74) is 0.953. The van der Waals surface area contributed by atoms with Crippen LogP contribution in [-0.2, 0) is 0 Å². The molecule has 106 valence electrons. The van der Waals surface area contributed by atoms with Gasteiger partial charge in [-0.05, 0) is 37.3 Å². The molecule has 1 atom stereocenters. The van der Waals surface area contributed by atoms with E-state index in [0.717, 1.165) is 6.54 Å². The molecule has 1 aromatic rings. The smallest absolute Gasteiger partial charge is 0.124 e. The van der Waals surface area contributed by atoms with Crippen LogP contribution in [0.3, 0.4) is 0 Å². The molecule has 1 unspecified atom stereocenters. The predicted octanol–water partition coefficient (Wildman–Crippen LogP) is 3.72. The lowest BCUT2D eigenvalue weighted by atomic mass is 9.75. The maximum Gasteiger partial charge on any atom is 0.124 e. The second kappa shape index (κ2) is 5.83. The summed E-state index contributed by atoms with van der Waals surface area (Å²) in [6, 6.07) is 4.86. The number of hydrogen-bond donors (Lipinski definition) is 3. The van der Waals surface area contributed by atoms with E-state index in [2.05, 4.69) is 12.2 Å². The third-order valence-corrected chi connectivity index (χ3v) is 4.39. The van der Waals surface area contributed by atoms with Crippen molar-refractivity contribution < 1.29 is 10.2 Å². The average Bonchev–Trinajstić information content (AvgIpc) is 2.37. The van der Waals surface area contributed by atoms with Gasteiger partial charge in [0.05, 0.1) is 5.56 Å². The quantitative estimate of drug-likeness (QED) is 0.776. The van der Waals surface area contributed by atoms with Crippen LogP contribution < -0.4 is 5.32 Å². The molecule has 1 aliphatic carbocycles. The highest BCUT2D eigenvalue weighted by Gasteiger charge is 2.27. The van der Waals surface area contributed by atoms with Crippen LogP contribution >= 0.6 is 0 Å². The lowest BCUT2D eigenvalue weighted by molar-refractivity contribution is 0.201. The predicted molar refractivity (Wildman–Crippen MR) is 77.4 cm³/mol.